The molecule has 0 heterocycles. The Hall–Kier alpha value is -0.540. The molecule has 3 heteroatoms. The normalized spacial score (nSPS) is 11.6. The first-order valence-corrected chi connectivity index (χ1v) is 7.22. The number of rotatable bonds is 7. The summed E-state index contributed by atoms with van der Waals surface area (Å²) in [5, 5.41) is 0. The molecular weight excluding hydrogens is 292 g/mol. The maximum Gasteiger partial charge on any atom is 0.188 e. The van der Waals surface area contributed by atoms with E-state index in [0.29, 0.717) is 0 Å². The van der Waals surface area contributed by atoms with Gasteiger partial charge in [0.25, 0.3) is 0 Å². The SMILES string of the molecule is CCCCC(C)(C)c1ccc(Br)c(OCOC)c1. The zero-order chi connectivity index (χ0) is 13.6. The van der Waals surface area contributed by atoms with Gasteiger partial charge in [-0.25, -0.2) is 0 Å². The minimum atomic E-state index is 0.182. The van der Waals surface area contributed by atoms with Crippen LogP contribution in [0.25, 0.3) is 0 Å². The standard InChI is InChI=1S/C15H23BrO2/c1-5-6-9-15(2,3)12-7-8-13(16)14(10-12)18-11-17-4/h7-8,10H,5-6,9,11H2,1-4H3. The van der Waals surface area contributed by atoms with Crippen LogP contribution in [0, 0.1) is 0 Å². The van der Waals surface area contributed by atoms with Gasteiger partial charge >= 0.3 is 0 Å². The Morgan fingerprint density at radius 3 is 2.61 bits per heavy atom. The third kappa shape index (κ3) is 4.29. The summed E-state index contributed by atoms with van der Waals surface area (Å²) in [6.45, 7) is 7.07. The molecule has 102 valence electrons. The number of halogens is 1. The molecule has 0 aromatic heterocycles. The molecule has 0 aliphatic rings. The molecule has 18 heavy (non-hydrogen) atoms. The van der Waals surface area contributed by atoms with Gasteiger partial charge in [-0.3, -0.25) is 0 Å². The number of ether oxygens (including phenoxy) is 2. The van der Waals surface area contributed by atoms with Gasteiger partial charge < -0.3 is 9.47 Å². The van der Waals surface area contributed by atoms with Crippen molar-refractivity contribution < 1.29 is 9.47 Å². The van der Waals surface area contributed by atoms with Crippen molar-refractivity contribution in [2.45, 2.75) is 45.4 Å². The number of hydrogen-bond donors (Lipinski definition) is 0. The van der Waals surface area contributed by atoms with Gasteiger partial charge in [0.15, 0.2) is 6.79 Å². The summed E-state index contributed by atoms with van der Waals surface area (Å²) < 4.78 is 11.5. The summed E-state index contributed by atoms with van der Waals surface area (Å²) in [4.78, 5) is 0. The van der Waals surface area contributed by atoms with Crippen LogP contribution < -0.4 is 4.74 Å². The average molecular weight is 315 g/mol. The maximum atomic E-state index is 5.56. The van der Waals surface area contributed by atoms with E-state index >= 15 is 0 Å². The Labute approximate surface area is 119 Å². The van der Waals surface area contributed by atoms with E-state index in [-0.39, 0.29) is 12.2 Å². The third-order valence-corrected chi connectivity index (χ3v) is 3.86. The molecule has 1 aromatic carbocycles. The molecule has 1 aromatic rings. The van der Waals surface area contributed by atoms with Crippen LogP contribution in [0.2, 0.25) is 0 Å². The highest BCUT2D eigenvalue weighted by Crippen LogP contribution is 2.34. The predicted molar refractivity (Wildman–Crippen MR) is 79.2 cm³/mol. The van der Waals surface area contributed by atoms with Gasteiger partial charge in [0.1, 0.15) is 5.75 Å². The lowest BCUT2D eigenvalue weighted by atomic mass is 9.80. The molecule has 0 N–H and O–H groups in total. The first-order chi connectivity index (χ1) is 8.51. The van der Waals surface area contributed by atoms with Crippen LogP contribution in [0.15, 0.2) is 22.7 Å². The molecule has 0 unspecified atom stereocenters. The Morgan fingerprint density at radius 1 is 1.28 bits per heavy atom. The highest BCUT2D eigenvalue weighted by atomic mass is 79.9. The van der Waals surface area contributed by atoms with Crippen molar-refractivity contribution >= 4 is 15.9 Å². The Morgan fingerprint density at radius 2 is 2.00 bits per heavy atom. The Kier molecular flexibility index (Phi) is 6.16. The van der Waals surface area contributed by atoms with E-state index in [0.717, 1.165) is 10.2 Å². The van der Waals surface area contributed by atoms with E-state index in [1.54, 1.807) is 7.11 Å². The fourth-order valence-electron chi connectivity index (χ4n) is 1.92. The number of unbranched alkanes of at least 4 members (excludes halogenated alkanes) is 1. The molecule has 0 radical (unpaired) electrons. The van der Waals surface area contributed by atoms with Gasteiger partial charge in [-0.2, -0.15) is 0 Å². The topological polar surface area (TPSA) is 18.5 Å². The van der Waals surface area contributed by atoms with Crippen molar-refractivity contribution in [2.24, 2.45) is 0 Å². The van der Waals surface area contributed by atoms with Crippen LogP contribution in [0.4, 0.5) is 0 Å². The summed E-state index contributed by atoms with van der Waals surface area (Å²) in [7, 11) is 1.63. The lowest BCUT2D eigenvalue weighted by Crippen LogP contribution is -2.17. The van der Waals surface area contributed by atoms with Crippen LogP contribution in [0.5, 0.6) is 5.75 Å². The van der Waals surface area contributed by atoms with Gasteiger partial charge in [0.2, 0.25) is 0 Å². The van der Waals surface area contributed by atoms with Crippen molar-refractivity contribution in [3.05, 3.63) is 28.2 Å². The van der Waals surface area contributed by atoms with Crippen molar-refractivity contribution in [3.8, 4) is 5.75 Å². The monoisotopic (exact) mass is 314 g/mol. The van der Waals surface area contributed by atoms with Crippen LogP contribution in [-0.2, 0) is 10.2 Å². The van der Waals surface area contributed by atoms with E-state index in [2.05, 4.69) is 48.8 Å². The van der Waals surface area contributed by atoms with Crippen molar-refractivity contribution in [1.82, 2.24) is 0 Å². The molecular formula is C15H23BrO2. The van der Waals surface area contributed by atoms with E-state index < -0.39 is 0 Å². The Balaban J connectivity index is 2.88. The lowest BCUT2D eigenvalue weighted by molar-refractivity contribution is 0.0504. The molecule has 0 saturated carbocycles. The van der Waals surface area contributed by atoms with Crippen LogP contribution in [-0.4, -0.2) is 13.9 Å². The summed E-state index contributed by atoms with van der Waals surface area (Å²) in [6.07, 6.45) is 3.67. The molecule has 2 nitrogen and oxygen atoms in total. The second kappa shape index (κ2) is 7.15. The summed E-state index contributed by atoms with van der Waals surface area (Å²) >= 11 is 3.50. The molecule has 0 fully saturated rings. The van der Waals surface area contributed by atoms with Gasteiger partial charge in [-0.05, 0) is 45.5 Å². The van der Waals surface area contributed by atoms with Crippen molar-refractivity contribution in [2.75, 3.05) is 13.9 Å². The molecule has 1 rings (SSSR count). The predicted octanol–water partition coefficient (Wildman–Crippen LogP) is 4.90. The van der Waals surface area contributed by atoms with E-state index in [4.69, 9.17) is 9.47 Å². The molecule has 0 bridgehead atoms. The zero-order valence-electron chi connectivity index (χ0n) is 11.8. The first-order valence-electron chi connectivity index (χ1n) is 6.43. The van der Waals surface area contributed by atoms with Gasteiger partial charge in [0.05, 0.1) is 4.47 Å². The number of methoxy groups -OCH3 is 1. The van der Waals surface area contributed by atoms with Gasteiger partial charge in [-0.15, -0.1) is 0 Å². The van der Waals surface area contributed by atoms with Crippen molar-refractivity contribution in [3.63, 3.8) is 0 Å². The summed E-state index contributed by atoms with van der Waals surface area (Å²) in [6, 6.07) is 6.33. The van der Waals surface area contributed by atoms with Crippen LogP contribution in [0.1, 0.15) is 45.6 Å². The van der Waals surface area contributed by atoms with E-state index in [1.807, 2.05) is 6.07 Å². The fourth-order valence-corrected chi connectivity index (χ4v) is 2.28. The van der Waals surface area contributed by atoms with Crippen LogP contribution >= 0.6 is 15.9 Å². The third-order valence-electron chi connectivity index (χ3n) is 3.20. The van der Waals surface area contributed by atoms with Crippen molar-refractivity contribution in [1.29, 1.82) is 0 Å². The smallest absolute Gasteiger partial charge is 0.188 e. The highest BCUT2D eigenvalue weighted by molar-refractivity contribution is 9.10. The van der Waals surface area contributed by atoms with Crippen LogP contribution in [0.3, 0.4) is 0 Å². The highest BCUT2D eigenvalue weighted by Gasteiger charge is 2.21. The molecule has 0 aliphatic heterocycles. The minimum absolute atomic E-state index is 0.182. The number of benzene rings is 1. The second-order valence-electron chi connectivity index (χ2n) is 5.18. The van der Waals surface area contributed by atoms with Gasteiger partial charge in [-0.1, -0.05) is 39.7 Å². The first kappa shape index (κ1) is 15.5. The molecule has 0 spiro atoms. The largest absolute Gasteiger partial charge is 0.466 e. The maximum absolute atomic E-state index is 5.56. The average Bonchev–Trinajstić information content (AvgIpc) is 2.35. The fraction of sp³-hybridized carbons (Fsp3) is 0.600. The summed E-state index contributed by atoms with van der Waals surface area (Å²) in [5.74, 6) is 0.846. The summed E-state index contributed by atoms with van der Waals surface area (Å²) in [5.41, 5.74) is 1.49. The quantitative estimate of drug-likeness (QED) is 0.666. The number of hydrogen-bond acceptors (Lipinski definition) is 2. The lowest BCUT2D eigenvalue weighted by Gasteiger charge is -2.26. The van der Waals surface area contributed by atoms with E-state index in [9.17, 15) is 0 Å². The van der Waals surface area contributed by atoms with E-state index in [1.165, 1.54) is 24.8 Å². The zero-order valence-corrected chi connectivity index (χ0v) is 13.3. The van der Waals surface area contributed by atoms with Gasteiger partial charge in [0, 0.05) is 7.11 Å². The molecule has 0 saturated heterocycles. The molecule has 0 atom stereocenters. The minimum Gasteiger partial charge on any atom is -0.466 e. The second-order valence-corrected chi connectivity index (χ2v) is 6.04. The molecule has 0 aliphatic carbocycles. The molecule has 0 amide bonds. The Bertz CT molecular complexity index is 375.